The van der Waals surface area contributed by atoms with Crippen LogP contribution in [-0.2, 0) is 16.0 Å². The minimum absolute atomic E-state index is 0.0287. The zero-order valence-electron chi connectivity index (χ0n) is 13.7. The molecule has 6 nitrogen and oxygen atoms in total. The molecule has 2 aromatic rings. The predicted molar refractivity (Wildman–Crippen MR) is 89.7 cm³/mol. The summed E-state index contributed by atoms with van der Waals surface area (Å²) in [7, 11) is 0. The van der Waals surface area contributed by atoms with Crippen molar-refractivity contribution >= 4 is 23.2 Å². The van der Waals surface area contributed by atoms with Gasteiger partial charge in [-0.05, 0) is 30.7 Å². The van der Waals surface area contributed by atoms with Crippen molar-refractivity contribution in [2.75, 3.05) is 13.1 Å². The number of likely N-dealkylation sites (tertiary alicyclic amines) is 1. The van der Waals surface area contributed by atoms with E-state index < -0.39 is 5.97 Å². The molecule has 2 unspecified atom stereocenters. The first-order chi connectivity index (χ1) is 11.5. The molecule has 0 radical (unpaired) electrons. The molecule has 1 amide bonds. The number of aliphatic carboxylic acids is 1. The highest BCUT2D eigenvalue weighted by Crippen LogP contribution is 2.26. The summed E-state index contributed by atoms with van der Waals surface area (Å²) in [4.78, 5) is 29.9. The quantitative estimate of drug-likeness (QED) is 0.918. The van der Waals surface area contributed by atoms with Crippen molar-refractivity contribution in [3.8, 4) is 11.5 Å². The van der Waals surface area contributed by atoms with E-state index in [2.05, 4.69) is 4.98 Å². The van der Waals surface area contributed by atoms with Gasteiger partial charge in [-0.15, -0.1) is 0 Å². The molecular formula is C17H20N2O4S. The summed E-state index contributed by atoms with van der Waals surface area (Å²) >= 11 is 1.57. The molecule has 24 heavy (non-hydrogen) atoms. The monoisotopic (exact) mass is 348 g/mol. The van der Waals surface area contributed by atoms with Crippen molar-refractivity contribution < 1.29 is 19.1 Å². The minimum Gasteiger partial charge on any atom is -0.481 e. The number of amides is 1. The Morgan fingerprint density at radius 3 is 2.92 bits per heavy atom. The lowest BCUT2D eigenvalue weighted by molar-refractivity contribution is -0.148. The normalized spacial score (nSPS) is 21.0. The molecule has 1 aliphatic rings. The summed E-state index contributed by atoms with van der Waals surface area (Å²) in [5, 5.41) is 13.1. The summed E-state index contributed by atoms with van der Waals surface area (Å²) < 4.78 is 5.66. The Kier molecular flexibility index (Phi) is 4.71. The minimum atomic E-state index is -0.776. The Bertz CT molecular complexity index is 738. The number of nitrogens with zero attached hydrogens (tertiary/aromatic N) is 2. The van der Waals surface area contributed by atoms with Crippen LogP contribution in [0.25, 0.3) is 11.5 Å². The van der Waals surface area contributed by atoms with E-state index >= 15 is 0 Å². The second kappa shape index (κ2) is 6.76. The van der Waals surface area contributed by atoms with Crippen LogP contribution in [0.15, 0.2) is 21.2 Å². The maximum Gasteiger partial charge on any atom is 0.306 e. The van der Waals surface area contributed by atoms with Crippen LogP contribution in [0.2, 0.25) is 0 Å². The Morgan fingerprint density at radius 2 is 2.29 bits per heavy atom. The number of piperidine rings is 1. The Morgan fingerprint density at radius 1 is 1.50 bits per heavy atom. The number of aryl methyl sites for hydroxylation is 1. The number of aromatic nitrogens is 1. The number of carboxylic acid groups (broad SMARTS) is 1. The molecule has 1 N–H and O–H groups in total. The molecule has 0 bridgehead atoms. The van der Waals surface area contributed by atoms with Gasteiger partial charge in [0.05, 0.1) is 18.0 Å². The van der Waals surface area contributed by atoms with E-state index in [-0.39, 0.29) is 24.2 Å². The summed E-state index contributed by atoms with van der Waals surface area (Å²) in [5.74, 6) is -0.0261. The molecule has 2 aromatic heterocycles. The van der Waals surface area contributed by atoms with E-state index in [0.29, 0.717) is 36.9 Å². The maximum atomic E-state index is 12.5. The highest BCUT2D eigenvalue weighted by molar-refractivity contribution is 7.08. The lowest BCUT2D eigenvalue weighted by Crippen LogP contribution is -2.45. The van der Waals surface area contributed by atoms with E-state index in [0.717, 1.165) is 5.56 Å². The van der Waals surface area contributed by atoms with Crippen molar-refractivity contribution in [3.63, 3.8) is 0 Å². The number of carbonyl (C=O) groups is 2. The van der Waals surface area contributed by atoms with Crippen LogP contribution >= 0.6 is 11.3 Å². The van der Waals surface area contributed by atoms with Gasteiger partial charge in [0.25, 0.3) is 0 Å². The van der Waals surface area contributed by atoms with Crippen LogP contribution in [0.4, 0.5) is 0 Å². The van der Waals surface area contributed by atoms with Crippen molar-refractivity contribution in [1.82, 2.24) is 9.88 Å². The fraction of sp³-hybridized carbons (Fsp3) is 0.471. The van der Waals surface area contributed by atoms with E-state index in [1.54, 1.807) is 16.2 Å². The van der Waals surface area contributed by atoms with Gasteiger partial charge in [-0.25, -0.2) is 4.98 Å². The zero-order valence-corrected chi connectivity index (χ0v) is 14.5. The fourth-order valence-electron chi connectivity index (χ4n) is 3.10. The van der Waals surface area contributed by atoms with Crippen molar-refractivity contribution in [1.29, 1.82) is 0 Å². The van der Waals surface area contributed by atoms with Gasteiger partial charge in [0.2, 0.25) is 11.8 Å². The molecule has 0 saturated carbocycles. The SMILES string of the molecule is Cc1oc(-c2ccsc2)nc1CC(=O)N1CCC(C(=O)O)C(C)C1. The molecule has 0 aromatic carbocycles. The molecule has 1 saturated heterocycles. The Labute approximate surface area is 144 Å². The standard InChI is InChI=1S/C17H20N2O4S/c1-10-8-19(5-3-13(10)17(21)22)15(20)7-14-11(2)23-16(18-14)12-4-6-24-9-12/h4,6,9-10,13H,3,5,7-8H2,1-2H3,(H,21,22). The first kappa shape index (κ1) is 16.7. The van der Waals surface area contributed by atoms with Crippen LogP contribution in [-0.4, -0.2) is 40.0 Å². The van der Waals surface area contributed by atoms with E-state index in [1.165, 1.54) is 0 Å². The van der Waals surface area contributed by atoms with Crippen LogP contribution < -0.4 is 0 Å². The van der Waals surface area contributed by atoms with E-state index in [1.807, 2.05) is 30.7 Å². The molecule has 128 valence electrons. The van der Waals surface area contributed by atoms with Crippen LogP contribution in [0.3, 0.4) is 0 Å². The van der Waals surface area contributed by atoms with Gasteiger partial charge in [0.15, 0.2) is 0 Å². The van der Waals surface area contributed by atoms with E-state index in [4.69, 9.17) is 4.42 Å². The molecular weight excluding hydrogens is 328 g/mol. The second-order valence-corrected chi connectivity index (χ2v) is 7.04. The number of hydrogen-bond acceptors (Lipinski definition) is 5. The van der Waals surface area contributed by atoms with Gasteiger partial charge in [-0.2, -0.15) is 11.3 Å². The second-order valence-electron chi connectivity index (χ2n) is 6.26. The topological polar surface area (TPSA) is 83.6 Å². The van der Waals surface area contributed by atoms with Gasteiger partial charge >= 0.3 is 5.97 Å². The Hall–Kier alpha value is -2.15. The van der Waals surface area contributed by atoms with Crippen molar-refractivity contribution in [2.24, 2.45) is 11.8 Å². The first-order valence-corrected chi connectivity index (χ1v) is 8.89. The highest BCUT2D eigenvalue weighted by atomic mass is 32.1. The number of carbonyl (C=O) groups excluding carboxylic acids is 1. The summed E-state index contributed by atoms with van der Waals surface area (Å²) in [5.41, 5.74) is 1.56. The fourth-order valence-corrected chi connectivity index (χ4v) is 3.73. The number of rotatable bonds is 4. The molecule has 1 fully saturated rings. The number of oxazole rings is 1. The number of thiophene rings is 1. The van der Waals surface area contributed by atoms with Crippen LogP contribution in [0.1, 0.15) is 24.8 Å². The first-order valence-electron chi connectivity index (χ1n) is 7.95. The van der Waals surface area contributed by atoms with E-state index in [9.17, 15) is 14.7 Å². The molecule has 2 atom stereocenters. The zero-order chi connectivity index (χ0) is 17.3. The molecule has 3 rings (SSSR count). The average Bonchev–Trinajstić information content (AvgIpc) is 3.17. The van der Waals surface area contributed by atoms with Gasteiger partial charge < -0.3 is 14.4 Å². The highest BCUT2D eigenvalue weighted by Gasteiger charge is 2.33. The largest absolute Gasteiger partial charge is 0.481 e. The average molecular weight is 348 g/mol. The predicted octanol–water partition coefficient (Wildman–Crippen LogP) is 2.82. The van der Waals surface area contributed by atoms with Gasteiger partial charge in [0.1, 0.15) is 5.76 Å². The third kappa shape index (κ3) is 3.36. The third-order valence-electron chi connectivity index (χ3n) is 4.55. The van der Waals surface area contributed by atoms with Gasteiger partial charge in [-0.3, -0.25) is 9.59 Å². The molecule has 1 aliphatic heterocycles. The smallest absolute Gasteiger partial charge is 0.306 e. The molecule has 3 heterocycles. The number of carboxylic acids is 1. The summed E-state index contributed by atoms with van der Waals surface area (Å²) in [6.45, 7) is 4.65. The lowest BCUT2D eigenvalue weighted by atomic mass is 9.87. The van der Waals surface area contributed by atoms with Crippen LogP contribution in [0.5, 0.6) is 0 Å². The van der Waals surface area contributed by atoms with Crippen LogP contribution in [0, 0.1) is 18.8 Å². The van der Waals surface area contributed by atoms with Crippen molar-refractivity contribution in [2.45, 2.75) is 26.7 Å². The molecule has 0 aliphatic carbocycles. The van der Waals surface area contributed by atoms with Gasteiger partial charge in [-0.1, -0.05) is 6.92 Å². The molecule has 7 heteroatoms. The lowest BCUT2D eigenvalue weighted by Gasteiger charge is -2.34. The Balaban J connectivity index is 1.66. The third-order valence-corrected chi connectivity index (χ3v) is 5.24. The summed E-state index contributed by atoms with van der Waals surface area (Å²) in [6, 6.07) is 1.93. The maximum absolute atomic E-state index is 12.5. The number of hydrogen-bond donors (Lipinski definition) is 1. The van der Waals surface area contributed by atoms with Crippen molar-refractivity contribution in [3.05, 3.63) is 28.3 Å². The summed E-state index contributed by atoms with van der Waals surface area (Å²) in [6.07, 6.45) is 0.685. The van der Waals surface area contributed by atoms with Gasteiger partial charge in [0, 0.05) is 24.0 Å². The molecule has 0 spiro atoms.